The van der Waals surface area contributed by atoms with Gasteiger partial charge >= 0.3 is 0 Å². The number of carbonyl (C=O) groups excluding carboxylic acids is 1. The second-order valence-electron chi connectivity index (χ2n) is 6.92. The van der Waals surface area contributed by atoms with Crippen molar-refractivity contribution in [3.8, 4) is 0 Å². The van der Waals surface area contributed by atoms with E-state index in [1.165, 1.54) is 10.4 Å². The summed E-state index contributed by atoms with van der Waals surface area (Å²) in [6.45, 7) is 6.64. The molecule has 3 rings (SSSR count). The molecule has 1 aliphatic heterocycles. The smallest absolute Gasteiger partial charge is 0.257 e. The third-order valence-electron chi connectivity index (χ3n) is 5.12. The summed E-state index contributed by atoms with van der Waals surface area (Å²) >= 11 is 12.2. The molecule has 0 aromatic heterocycles. The first-order valence-electron chi connectivity index (χ1n) is 10.0. The second-order valence-corrected chi connectivity index (χ2v) is 9.65. The maximum Gasteiger partial charge on any atom is 0.257 e. The van der Waals surface area contributed by atoms with Crippen LogP contribution in [0.15, 0.2) is 41.3 Å². The molecule has 0 radical (unpaired) electrons. The first-order chi connectivity index (χ1) is 14.8. The third kappa shape index (κ3) is 5.15. The molecule has 7 nitrogen and oxygen atoms in total. The van der Waals surface area contributed by atoms with E-state index in [4.69, 9.17) is 27.9 Å². The summed E-state index contributed by atoms with van der Waals surface area (Å²) in [5.74, 6) is -0.471. The molecule has 1 heterocycles. The fraction of sp³-hybridized carbons (Fsp3) is 0.381. The molecule has 0 aliphatic carbocycles. The van der Waals surface area contributed by atoms with Gasteiger partial charge in [-0.05, 0) is 44.2 Å². The molecular formula is C21H25Cl2N3O4S. The number of ether oxygens (including phenoxy) is 1. The Morgan fingerprint density at radius 1 is 1.13 bits per heavy atom. The van der Waals surface area contributed by atoms with Crippen molar-refractivity contribution in [1.29, 1.82) is 0 Å². The van der Waals surface area contributed by atoms with E-state index < -0.39 is 15.9 Å². The lowest BCUT2D eigenvalue weighted by Gasteiger charge is -2.28. The highest BCUT2D eigenvalue weighted by Crippen LogP contribution is 2.32. The van der Waals surface area contributed by atoms with Gasteiger partial charge in [0.25, 0.3) is 5.91 Å². The van der Waals surface area contributed by atoms with Crippen molar-refractivity contribution in [1.82, 2.24) is 4.31 Å². The van der Waals surface area contributed by atoms with Crippen molar-refractivity contribution >= 4 is 50.5 Å². The quantitative estimate of drug-likeness (QED) is 0.637. The van der Waals surface area contributed by atoms with Gasteiger partial charge in [0, 0.05) is 26.2 Å². The molecule has 1 fully saturated rings. The number of anilines is 2. The zero-order chi connectivity index (χ0) is 22.6. The summed E-state index contributed by atoms with van der Waals surface area (Å²) in [7, 11) is -3.72. The Morgan fingerprint density at radius 3 is 2.45 bits per heavy atom. The van der Waals surface area contributed by atoms with Gasteiger partial charge in [-0.3, -0.25) is 4.79 Å². The van der Waals surface area contributed by atoms with E-state index in [0.29, 0.717) is 45.1 Å². The minimum Gasteiger partial charge on any atom is -0.379 e. The van der Waals surface area contributed by atoms with Crippen LogP contribution in [0.2, 0.25) is 10.0 Å². The molecule has 1 amide bonds. The molecule has 2 aromatic rings. The zero-order valence-electron chi connectivity index (χ0n) is 17.4. The monoisotopic (exact) mass is 485 g/mol. The highest BCUT2D eigenvalue weighted by molar-refractivity contribution is 7.89. The van der Waals surface area contributed by atoms with Crippen LogP contribution in [-0.4, -0.2) is 58.0 Å². The molecule has 1 aliphatic rings. The predicted octanol–water partition coefficient (Wildman–Crippen LogP) is 4.11. The van der Waals surface area contributed by atoms with Gasteiger partial charge in [0.15, 0.2) is 0 Å². The summed E-state index contributed by atoms with van der Waals surface area (Å²) in [6, 6.07) is 9.57. The maximum absolute atomic E-state index is 13.1. The fourth-order valence-corrected chi connectivity index (χ4v) is 5.24. The largest absolute Gasteiger partial charge is 0.379 e. The van der Waals surface area contributed by atoms with Crippen LogP contribution in [-0.2, 0) is 14.8 Å². The van der Waals surface area contributed by atoms with Gasteiger partial charge in [0.05, 0.1) is 45.1 Å². The van der Waals surface area contributed by atoms with Crippen molar-refractivity contribution in [2.45, 2.75) is 18.7 Å². The van der Waals surface area contributed by atoms with E-state index in [2.05, 4.69) is 5.32 Å². The number of hydrogen-bond acceptors (Lipinski definition) is 5. The van der Waals surface area contributed by atoms with Gasteiger partial charge in [-0.15, -0.1) is 0 Å². The molecule has 1 N–H and O–H groups in total. The molecule has 1 saturated heterocycles. The minimum atomic E-state index is -3.72. The van der Waals surface area contributed by atoms with Crippen molar-refractivity contribution < 1.29 is 17.9 Å². The zero-order valence-corrected chi connectivity index (χ0v) is 19.7. The first-order valence-corrected chi connectivity index (χ1v) is 12.2. The summed E-state index contributed by atoms with van der Waals surface area (Å²) in [4.78, 5) is 15.1. The average molecular weight is 486 g/mol. The Balaban J connectivity index is 2.02. The molecule has 10 heteroatoms. The molecule has 2 aromatic carbocycles. The van der Waals surface area contributed by atoms with E-state index in [1.807, 2.05) is 18.7 Å². The van der Waals surface area contributed by atoms with Crippen molar-refractivity contribution in [3.63, 3.8) is 0 Å². The number of rotatable bonds is 7. The van der Waals surface area contributed by atoms with Crippen molar-refractivity contribution in [3.05, 3.63) is 52.0 Å². The molecular weight excluding hydrogens is 461 g/mol. The van der Waals surface area contributed by atoms with E-state index >= 15 is 0 Å². The van der Waals surface area contributed by atoms with Crippen LogP contribution in [0.3, 0.4) is 0 Å². The van der Waals surface area contributed by atoms with Gasteiger partial charge in [-0.2, -0.15) is 4.31 Å². The minimum absolute atomic E-state index is 0.109. The number of sulfonamides is 1. The van der Waals surface area contributed by atoms with Gasteiger partial charge < -0.3 is 15.0 Å². The molecule has 0 bridgehead atoms. The number of nitrogens with zero attached hydrogens (tertiary/aromatic N) is 2. The summed E-state index contributed by atoms with van der Waals surface area (Å²) in [5.41, 5.74) is 1.32. The van der Waals surface area contributed by atoms with E-state index in [-0.39, 0.29) is 20.5 Å². The standard InChI is InChI=1S/C21H25Cl2N3O4S/c1-3-25(4-2)19-9-8-15(31(28,29)26-10-12-30-13-11-26)14-18(19)24-21(27)16-6-5-7-17(22)20(16)23/h5-9,14H,3-4,10-13H2,1-2H3,(H,24,27). The lowest BCUT2D eigenvalue weighted by molar-refractivity contribution is 0.0730. The van der Waals surface area contributed by atoms with Gasteiger partial charge in [0.2, 0.25) is 10.0 Å². The summed E-state index contributed by atoms with van der Waals surface area (Å²) < 4.78 is 32.9. The number of morpholine rings is 1. The highest BCUT2D eigenvalue weighted by Gasteiger charge is 2.28. The van der Waals surface area contributed by atoms with Crippen molar-refractivity contribution in [2.24, 2.45) is 0 Å². The molecule has 31 heavy (non-hydrogen) atoms. The van der Waals surface area contributed by atoms with Gasteiger partial charge in [-0.1, -0.05) is 29.3 Å². The number of halogens is 2. The Kier molecular flexibility index (Phi) is 7.82. The lowest BCUT2D eigenvalue weighted by Crippen LogP contribution is -2.40. The first kappa shape index (κ1) is 23.8. The van der Waals surface area contributed by atoms with Crippen LogP contribution in [0.25, 0.3) is 0 Å². The van der Waals surface area contributed by atoms with Crippen LogP contribution < -0.4 is 10.2 Å². The maximum atomic E-state index is 13.1. The number of amides is 1. The summed E-state index contributed by atoms with van der Waals surface area (Å²) in [6.07, 6.45) is 0. The SMILES string of the molecule is CCN(CC)c1ccc(S(=O)(=O)N2CCOCC2)cc1NC(=O)c1cccc(Cl)c1Cl. The molecule has 0 unspecified atom stereocenters. The Hall–Kier alpha value is -1.84. The predicted molar refractivity (Wildman–Crippen MR) is 124 cm³/mol. The van der Waals surface area contributed by atoms with Crippen LogP contribution in [0, 0.1) is 0 Å². The van der Waals surface area contributed by atoms with E-state index in [1.54, 1.807) is 30.3 Å². The highest BCUT2D eigenvalue weighted by atomic mass is 35.5. The van der Waals surface area contributed by atoms with Crippen LogP contribution in [0.1, 0.15) is 24.2 Å². The topological polar surface area (TPSA) is 79.0 Å². The molecule has 168 valence electrons. The van der Waals surface area contributed by atoms with Crippen LogP contribution in [0.4, 0.5) is 11.4 Å². The number of hydrogen-bond donors (Lipinski definition) is 1. The fourth-order valence-electron chi connectivity index (χ4n) is 3.42. The lowest BCUT2D eigenvalue weighted by atomic mass is 10.2. The Labute approximate surface area is 192 Å². The molecule has 0 saturated carbocycles. The number of carbonyl (C=O) groups is 1. The molecule has 0 spiro atoms. The van der Waals surface area contributed by atoms with Crippen molar-refractivity contribution in [2.75, 3.05) is 49.6 Å². The number of nitrogens with one attached hydrogen (secondary N) is 1. The van der Waals surface area contributed by atoms with Crippen LogP contribution >= 0.6 is 23.2 Å². The number of benzene rings is 2. The van der Waals surface area contributed by atoms with E-state index in [9.17, 15) is 13.2 Å². The normalized spacial score (nSPS) is 15.0. The Morgan fingerprint density at radius 2 is 1.81 bits per heavy atom. The molecule has 0 atom stereocenters. The second kappa shape index (κ2) is 10.2. The average Bonchev–Trinajstić information content (AvgIpc) is 2.77. The summed E-state index contributed by atoms with van der Waals surface area (Å²) in [5, 5.41) is 3.24. The van der Waals surface area contributed by atoms with Gasteiger partial charge in [-0.25, -0.2) is 8.42 Å². The van der Waals surface area contributed by atoms with Gasteiger partial charge in [0.1, 0.15) is 0 Å². The van der Waals surface area contributed by atoms with E-state index in [0.717, 1.165) is 5.69 Å². The van der Waals surface area contributed by atoms with Crippen LogP contribution in [0.5, 0.6) is 0 Å². The Bertz CT molecular complexity index is 1050. The third-order valence-corrected chi connectivity index (χ3v) is 7.84.